The van der Waals surface area contributed by atoms with E-state index in [-0.39, 0.29) is 0 Å². The molecule has 3 N–H and O–H groups in total. The van der Waals surface area contributed by atoms with Gasteiger partial charge in [-0.05, 0) is 57.5 Å². The van der Waals surface area contributed by atoms with Crippen LogP contribution in [0.5, 0.6) is 0 Å². The predicted molar refractivity (Wildman–Crippen MR) is 97.0 cm³/mol. The third-order valence-electron chi connectivity index (χ3n) is 6.34. The zero-order valence-electron chi connectivity index (χ0n) is 14.7. The number of aromatic nitrogens is 2. The molecule has 0 radical (unpaired) electrons. The van der Waals surface area contributed by atoms with Crippen molar-refractivity contribution < 1.29 is 0 Å². The van der Waals surface area contributed by atoms with E-state index in [0.717, 1.165) is 42.9 Å². The van der Waals surface area contributed by atoms with Gasteiger partial charge in [0.15, 0.2) is 0 Å². The molecule has 2 heterocycles. The third kappa shape index (κ3) is 3.72. The quantitative estimate of drug-likeness (QED) is 0.869. The Bertz CT molecular complexity index is 528. The highest BCUT2D eigenvalue weighted by atomic mass is 15.2. The molecule has 5 heteroatoms. The molecule has 132 valence electrons. The number of hydrogen-bond donors (Lipinski definition) is 2. The van der Waals surface area contributed by atoms with Crippen molar-refractivity contribution in [2.24, 2.45) is 11.7 Å². The summed E-state index contributed by atoms with van der Waals surface area (Å²) in [6.07, 6.45) is 12.2. The molecule has 0 atom stereocenters. The second-order valence-electron chi connectivity index (χ2n) is 8.06. The molecule has 2 saturated carbocycles. The molecule has 2 aliphatic carbocycles. The van der Waals surface area contributed by atoms with Gasteiger partial charge in [0.2, 0.25) is 0 Å². The molecule has 0 amide bonds. The van der Waals surface area contributed by atoms with Crippen LogP contribution in [0.2, 0.25) is 0 Å². The summed E-state index contributed by atoms with van der Waals surface area (Å²) in [6.45, 7) is 3.61. The van der Waals surface area contributed by atoms with E-state index in [1.54, 1.807) is 6.33 Å². The standard InChI is InChI=1S/C19H31N5/c20-16-9-15(10-16)18-11-19(23-13-22-18)21-12-14-5-7-24(8-6-14)17-3-1-2-4-17/h11,13-17H,1-10,12,20H2,(H,21,22,23). The van der Waals surface area contributed by atoms with Gasteiger partial charge >= 0.3 is 0 Å². The van der Waals surface area contributed by atoms with E-state index in [1.165, 1.54) is 51.6 Å². The minimum Gasteiger partial charge on any atom is -0.370 e. The van der Waals surface area contributed by atoms with Crippen LogP contribution >= 0.6 is 0 Å². The lowest BCUT2D eigenvalue weighted by molar-refractivity contribution is 0.138. The summed E-state index contributed by atoms with van der Waals surface area (Å²) in [5, 5.41) is 3.55. The Morgan fingerprint density at radius 3 is 2.54 bits per heavy atom. The number of nitrogens with one attached hydrogen (secondary N) is 1. The van der Waals surface area contributed by atoms with E-state index >= 15 is 0 Å². The molecule has 3 fully saturated rings. The summed E-state index contributed by atoms with van der Waals surface area (Å²) in [5.41, 5.74) is 7.05. The lowest BCUT2D eigenvalue weighted by atomic mass is 9.78. The minimum absolute atomic E-state index is 0.367. The van der Waals surface area contributed by atoms with Gasteiger partial charge in [0.1, 0.15) is 12.1 Å². The van der Waals surface area contributed by atoms with Gasteiger partial charge in [-0.15, -0.1) is 0 Å². The predicted octanol–water partition coefficient (Wildman–Crippen LogP) is 2.75. The van der Waals surface area contributed by atoms with Gasteiger partial charge in [0.25, 0.3) is 0 Å². The maximum Gasteiger partial charge on any atom is 0.129 e. The molecule has 5 nitrogen and oxygen atoms in total. The van der Waals surface area contributed by atoms with Crippen molar-refractivity contribution in [3.63, 3.8) is 0 Å². The highest BCUT2D eigenvalue weighted by molar-refractivity contribution is 5.36. The Kier molecular flexibility index (Phi) is 4.99. The molecule has 1 aliphatic heterocycles. The van der Waals surface area contributed by atoms with Crippen molar-refractivity contribution in [2.75, 3.05) is 25.0 Å². The molecule has 4 rings (SSSR count). The number of hydrogen-bond acceptors (Lipinski definition) is 5. The zero-order valence-corrected chi connectivity index (χ0v) is 14.7. The second-order valence-corrected chi connectivity index (χ2v) is 8.06. The second kappa shape index (κ2) is 7.36. The molecule has 0 aromatic carbocycles. The first-order valence-corrected chi connectivity index (χ1v) is 9.83. The SMILES string of the molecule is NC1CC(c2cc(NCC3CCN(C4CCCC4)CC3)ncn2)C1. The summed E-state index contributed by atoms with van der Waals surface area (Å²) < 4.78 is 0. The highest BCUT2D eigenvalue weighted by Crippen LogP contribution is 2.35. The average Bonchev–Trinajstić information content (AvgIpc) is 3.12. The number of piperidine rings is 1. The third-order valence-corrected chi connectivity index (χ3v) is 6.34. The molecule has 0 bridgehead atoms. The van der Waals surface area contributed by atoms with Crippen molar-refractivity contribution in [1.82, 2.24) is 14.9 Å². The van der Waals surface area contributed by atoms with Crippen LogP contribution in [0, 0.1) is 5.92 Å². The van der Waals surface area contributed by atoms with Gasteiger partial charge < -0.3 is 16.0 Å². The fourth-order valence-electron chi connectivity index (χ4n) is 4.64. The van der Waals surface area contributed by atoms with E-state index in [2.05, 4.69) is 26.3 Å². The monoisotopic (exact) mass is 329 g/mol. The van der Waals surface area contributed by atoms with Crippen molar-refractivity contribution in [2.45, 2.75) is 69.4 Å². The van der Waals surface area contributed by atoms with Crippen LogP contribution in [0.3, 0.4) is 0 Å². The van der Waals surface area contributed by atoms with E-state index in [1.807, 2.05) is 0 Å². The smallest absolute Gasteiger partial charge is 0.129 e. The van der Waals surface area contributed by atoms with Crippen molar-refractivity contribution in [1.29, 1.82) is 0 Å². The lowest BCUT2D eigenvalue weighted by Gasteiger charge is -2.36. The molecule has 0 unspecified atom stereocenters. The number of nitrogens with two attached hydrogens (primary N) is 1. The average molecular weight is 329 g/mol. The fraction of sp³-hybridized carbons (Fsp3) is 0.789. The summed E-state index contributed by atoms with van der Waals surface area (Å²) in [5.74, 6) is 2.30. The van der Waals surface area contributed by atoms with Crippen LogP contribution in [-0.2, 0) is 0 Å². The Morgan fingerprint density at radius 2 is 1.83 bits per heavy atom. The molecular formula is C19H31N5. The van der Waals surface area contributed by atoms with Crippen molar-refractivity contribution in [3.05, 3.63) is 18.1 Å². The zero-order chi connectivity index (χ0) is 16.4. The van der Waals surface area contributed by atoms with Crippen LogP contribution in [0.4, 0.5) is 5.82 Å². The number of nitrogens with zero attached hydrogens (tertiary/aromatic N) is 3. The van der Waals surface area contributed by atoms with Crippen LogP contribution < -0.4 is 11.1 Å². The van der Waals surface area contributed by atoms with E-state index in [0.29, 0.717) is 12.0 Å². The van der Waals surface area contributed by atoms with Crippen LogP contribution in [0.1, 0.15) is 63.0 Å². The molecule has 1 aromatic rings. The van der Waals surface area contributed by atoms with Gasteiger partial charge in [0.05, 0.1) is 0 Å². The maximum atomic E-state index is 5.89. The van der Waals surface area contributed by atoms with Crippen molar-refractivity contribution in [3.8, 4) is 0 Å². The molecular weight excluding hydrogens is 298 g/mol. The largest absolute Gasteiger partial charge is 0.370 e. The Balaban J connectivity index is 1.23. The molecule has 1 aromatic heterocycles. The molecule has 1 saturated heterocycles. The van der Waals surface area contributed by atoms with Crippen LogP contribution in [-0.4, -0.2) is 46.6 Å². The number of anilines is 1. The lowest BCUT2D eigenvalue weighted by Crippen LogP contribution is -2.41. The van der Waals surface area contributed by atoms with Gasteiger partial charge in [0, 0.05) is 36.3 Å². The van der Waals surface area contributed by atoms with E-state index < -0.39 is 0 Å². The van der Waals surface area contributed by atoms with Crippen LogP contribution in [0.25, 0.3) is 0 Å². The summed E-state index contributed by atoms with van der Waals surface area (Å²) in [6, 6.07) is 3.38. The van der Waals surface area contributed by atoms with Crippen LogP contribution in [0.15, 0.2) is 12.4 Å². The van der Waals surface area contributed by atoms with Crippen molar-refractivity contribution >= 4 is 5.82 Å². The first kappa shape index (κ1) is 16.3. The summed E-state index contributed by atoms with van der Waals surface area (Å²) in [7, 11) is 0. The molecule has 0 spiro atoms. The van der Waals surface area contributed by atoms with Gasteiger partial charge in [-0.25, -0.2) is 9.97 Å². The first-order valence-electron chi connectivity index (χ1n) is 9.83. The number of rotatable bonds is 5. The Labute approximate surface area is 145 Å². The minimum atomic E-state index is 0.367. The Hall–Kier alpha value is -1.20. The highest BCUT2D eigenvalue weighted by Gasteiger charge is 2.29. The summed E-state index contributed by atoms with van der Waals surface area (Å²) in [4.78, 5) is 11.6. The van der Waals surface area contributed by atoms with E-state index in [4.69, 9.17) is 5.73 Å². The number of likely N-dealkylation sites (tertiary alicyclic amines) is 1. The van der Waals surface area contributed by atoms with E-state index in [9.17, 15) is 0 Å². The maximum absolute atomic E-state index is 5.89. The van der Waals surface area contributed by atoms with Gasteiger partial charge in [-0.3, -0.25) is 0 Å². The topological polar surface area (TPSA) is 67.1 Å². The van der Waals surface area contributed by atoms with Gasteiger partial charge in [-0.1, -0.05) is 12.8 Å². The summed E-state index contributed by atoms with van der Waals surface area (Å²) >= 11 is 0. The fourth-order valence-corrected chi connectivity index (χ4v) is 4.64. The first-order chi connectivity index (χ1) is 11.8. The molecule has 3 aliphatic rings. The van der Waals surface area contributed by atoms with Gasteiger partial charge in [-0.2, -0.15) is 0 Å². The Morgan fingerprint density at radius 1 is 1.08 bits per heavy atom. The normalized spacial score (nSPS) is 29.5. The molecule has 24 heavy (non-hydrogen) atoms.